The standard InChI is InChI=1S/C23H31N2O9PS.C14H21N2O9PS/c1-14(2)32-20(28)15(3)13-35(30,34-16-8-6-5-7-9-16)31-12-17-19(27)23(4,29)21(33-17)25-11-10-18(26)24-22(25)36;1-7(11(19)20)6-26(22,23)24-5-8-10(18)14(2,21)12(25-8)16-4-3-9(17)15-13(16)27/h5-11,14-15,17,19,21,27,29H,12-13H2,1-4H3,(H,24,26,36);3-4,7-8,10,12,18,21H,5-6H2,1-2H3,(H,19,20)(H,22,23)(H,15,17,27)/t15-,17-,19+,21-,23?,35?;7-,8-,10+,12-,14?/m11/s1. The van der Waals surface area contributed by atoms with Gasteiger partial charge in [0.15, 0.2) is 22.0 Å². The summed E-state index contributed by atoms with van der Waals surface area (Å²) >= 11 is 10.2. The van der Waals surface area contributed by atoms with E-state index in [0.717, 1.165) is 6.07 Å². The molecule has 8 N–H and O–H groups in total. The molecule has 26 heteroatoms. The number of esters is 1. The monoisotopic (exact) mass is 966 g/mol. The number of carbonyl (C=O) groups excluding carboxylic acids is 1. The predicted molar refractivity (Wildman–Crippen MR) is 226 cm³/mol. The fourth-order valence-electron chi connectivity index (χ4n) is 6.35. The molecule has 3 aromatic rings. The van der Waals surface area contributed by atoms with E-state index in [-0.39, 0.29) is 27.6 Å². The van der Waals surface area contributed by atoms with Crippen LogP contribution in [0.3, 0.4) is 0 Å². The molecule has 0 spiro atoms. The molecule has 5 rings (SSSR count). The highest BCUT2D eigenvalue weighted by molar-refractivity contribution is 7.71. The van der Waals surface area contributed by atoms with Crippen molar-refractivity contribution >= 4 is 51.6 Å². The number of nitrogens with zero attached hydrogens (tertiary/aromatic N) is 2. The number of benzene rings is 1. The number of ether oxygens (including phenoxy) is 3. The number of H-pyrrole nitrogens is 2. The average Bonchev–Trinajstić information content (AvgIpc) is 3.54. The normalized spacial score (nSPS) is 28.5. The maximum absolute atomic E-state index is 13.7. The van der Waals surface area contributed by atoms with Crippen molar-refractivity contribution in [3.8, 4) is 5.75 Å². The largest absolute Gasteiger partial charge is 0.481 e. The minimum atomic E-state index is -4.26. The third-order valence-corrected chi connectivity index (χ3v) is 14.0. The first-order chi connectivity index (χ1) is 29.2. The van der Waals surface area contributed by atoms with Crippen molar-refractivity contribution in [2.75, 3.05) is 25.5 Å². The quantitative estimate of drug-likeness (QED) is 0.0548. The molecule has 2 fully saturated rings. The topological polar surface area (TPSA) is 321 Å². The van der Waals surface area contributed by atoms with Crippen LogP contribution in [0.4, 0.5) is 0 Å². The summed E-state index contributed by atoms with van der Waals surface area (Å²) in [6.07, 6.45) is -6.31. The molecule has 63 heavy (non-hydrogen) atoms. The molecule has 0 aliphatic carbocycles. The molecule has 2 aliphatic heterocycles. The van der Waals surface area contributed by atoms with Crippen LogP contribution < -0.4 is 15.6 Å². The van der Waals surface area contributed by atoms with E-state index in [1.54, 1.807) is 51.1 Å². The summed E-state index contributed by atoms with van der Waals surface area (Å²) in [5, 5.41) is 51.5. The van der Waals surface area contributed by atoms with E-state index in [2.05, 4.69) is 9.97 Å². The van der Waals surface area contributed by atoms with Crippen molar-refractivity contribution in [2.24, 2.45) is 11.8 Å². The molecule has 0 amide bonds. The Morgan fingerprint density at radius 2 is 1.25 bits per heavy atom. The number of rotatable bonds is 17. The molecule has 0 bridgehead atoms. The molecule has 2 aromatic heterocycles. The van der Waals surface area contributed by atoms with Crippen LogP contribution in [0.15, 0.2) is 64.4 Å². The molecule has 22 nitrogen and oxygen atoms in total. The van der Waals surface area contributed by atoms with Gasteiger partial charge in [-0.05, 0) is 64.3 Å². The Labute approximate surface area is 370 Å². The van der Waals surface area contributed by atoms with Gasteiger partial charge in [0.25, 0.3) is 11.1 Å². The van der Waals surface area contributed by atoms with Gasteiger partial charge < -0.3 is 53.7 Å². The lowest BCUT2D eigenvalue weighted by atomic mass is 9.96. The van der Waals surface area contributed by atoms with E-state index in [0.29, 0.717) is 0 Å². The van der Waals surface area contributed by atoms with Gasteiger partial charge in [-0.3, -0.25) is 47.4 Å². The van der Waals surface area contributed by atoms with E-state index in [9.17, 15) is 53.6 Å². The summed E-state index contributed by atoms with van der Waals surface area (Å²) in [4.78, 5) is 60.5. The Bertz CT molecular complexity index is 2410. The zero-order valence-corrected chi connectivity index (χ0v) is 38.3. The number of aliphatic hydroxyl groups is 4. The fourth-order valence-corrected chi connectivity index (χ4v) is 10.1. The van der Waals surface area contributed by atoms with Gasteiger partial charge in [-0.25, -0.2) is 4.57 Å². The Balaban J connectivity index is 0.000000288. The minimum Gasteiger partial charge on any atom is -0.481 e. The van der Waals surface area contributed by atoms with Gasteiger partial charge in [0.1, 0.15) is 41.4 Å². The average molecular weight is 967 g/mol. The lowest BCUT2D eigenvalue weighted by molar-refractivity contribution is -0.151. The van der Waals surface area contributed by atoms with Crippen LogP contribution in [0.25, 0.3) is 0 Å². The number of para-hydroxylation sites is 1. The number of aromatic nitrogens is 4. The first kappa shape index (κ1) is 51.9. The summed E-state index contributed by atoms with van der Waals surface area (Å²) in [7, 11) is -8.23. The molecule has 2 saturated heterocycles. The van der Waals surface area contributed by atoms with Gasteiger partial charge in [-0.1, -0.05) is 32.0 Å². The van der Waals surface area contributed by atoms with Gasteiger partial charge in [0.2, 0.25) is 0 Å². The summed E-state index contributed by atoms with van der Waals surface area (Å²) in [6.45, 7) is 7.85. The van der Waals surface area contributed by atoms with E-state index in [1.807, 2.05) is 0 Å². The SMILES string of the molecule is CC(C)OC(=O)[C@H](C)CP(=O)(OC[C@H]1O[C@@H](n2ccc(=O)[nH]c2=S)C(C)(O)[C@H]1O)Oc1ccccc1.C[C@H](CP(=O)(O)OC[C@H]1O[C@@H](n2ccc(=O)[nH]c2=S)C(C)(O)[C@H]1O)C(=O)O. The van der Waals surface area contributed by atoms with Crippen molar-refractivity contribution in [3.63, 3.8) is 0 Å². The van der Waals surface area contributed by atoms with Crippen LogP contribution >= 0.6 is 39.6 Å². The molecule has 12 atom stereocenters. The zero-order chi connectivity index (χ0) is 47.2. The smallest absolute Gasteiger partial charge is 0.380 e. The second kappa shape index (κ2) is 21.0. The summed E-state index contributed by atoms with van der Waals surface area (Å²) in [5.74, 6) is -3.46. The molecule has 4 unspecified atom stereocenters. The maximum Gasteiger partial charge on any atom is 0.380 e. The predicted octanol–water partition coefficient (Wildman–Crippen LogP) is 2.63. The third-order valence-electron chi connectivity index (χ3n) is 9.76. The highest BCUT2D eigenvalue weighted by Crippen LogP contribution is 2.51. The number of hydrogen-bond donors (Lipinski definition) is 8. The van der Waals surface area contributed by atoms with E-state index in [1.165, 1.54) is 48.4 Å². The number of nitrogens with one attached hydrogen (secondary N) is 2. The number of carbonyl (C=O) groups is 2. The summed E-state index contributed by atoms with van der Waals surface area (Å²) in [5.41, 5.74) is -4.57. The van der Waals surface area contributed by atoms with E-state index >= 15 is 0 Å². The van der Waals surface area contributed by atoms with Crippen LogP contribution in [0.5, 0.6) is 5.75 Å². The van der Waals surface area contributed by atoms with Crippen molar-refractivity contribution in [1.82, 2.24) is 19.1 Å². The molecule has 0 saturated carbocycles. The Hall–Kier alpha value is -3.74. The third kappa shape index (κ3) is 13.4. The molecule has 4 heterocycles. The highest BCUT2D eigenvalue weighted by Gasteiger charge is 2.55. The number of aromatic amines is 2. The maximum atomic E-state index is 13.7. The second-order valence-electron chi connectivity index (χ2n) is 15.7. The fraction of sp³-hybridized carbons (Fsp3) is 0.568. The number of carboxylic acids is 1. The number of aliphatic carboxylic acids is 1. The van der Waals surface area contributed by atoms with Crippen LogP contribution in [0, 0.1) is 21.4 Å². The number of hydrogen-bond acceptors (Lipinski definition) is 18. The van der Waals surface area contributed by atoms with Crippen LogP contribution in [0.2, 0.25) is 0 Å². The second-order valence-corrected chi connectivity index (χ2v) is 20.4. The van der Waals surface area contributed by atoms with Gasteiger partial charge in [-0.15, -0.1) is 0 Å². The van der Waals surface area contributed by atoms with E-state index < -0.39 is 118 Å². The van der Waals surface area contributed by atoms with Crippen LogP contribution in [-0.2, 0) is 42.0 Å². The molecule has 1 aromatic carbocycles. The number of aliphatic hydroxyl groups excluding tert-OH is 2. The molecule has 0 radical (unpaired) electrons. The van der Waals surface area contributed by atoms with Crippen LogP contribution in [-0.4, -0.2) is 129 Å². The van der Waals surface area contributed by atoms with Crippen molar-refractivity contribution in [1.29, 1.82) is 0 Å². The highest BCUT2D eigenvalue weighted by atomic mass is 32.1. The number of carboxylic acid groups (broad SMARTS) is 1. The Morgan fingerprint density at radius 1 is 0.794 bits per heavy atom. The lowest BCUT2D eigenvalue weighted by Gasteiger charge is -2.28. The summed E-state index contributed by atoms with van der Waals surface area (Å²) < 4.78 is 61.0. The van der Waals surface area contributed by atoms with Crippen molar-refractivity contribution in [3.05, 3.63) is 85.1 Å². The summed E-state index contributed by atoms with van der Waals surface area (Å²) in [6, 6.07) is 10.7. The first-order valence-corrected chi connectivity index (χ1v) is 23.6. The molecule has 350 valence electrons. The van der Waals surface area contributed by atoms with Gasteiger partial charge in [-0.2, -0.15) is 0 Å². The van der Waals surface area contributed by atoms with Gasteiger partial charge in [0, 0.05) is 24.5 Å². The van der Waals surface area contributed by atoms with E-state index in [4.69, 9.17) is 57.3 Å². The first-order valence-electron chi connectivity index (χ1n) is 19.3. The van der Waals surface area contributed by atoms with Crippen molar-refractivity contribution < 1.29 is 76.9 Å². The Kier molecular flexibility index (Phi) is 17.3. The minimum absolute atomic E-state index is 0.0166. The molecule has 2 aliphatic rings. The molecular formula is C37H52N4O18P2S2. The Morgan fingerprint density at radius 3 is 1.68 bits per heavy atom. The van der Waals surface area contributed by atoms with Gasteiger partial charge in [0.05, 0.1) is 43.5 Å². The molecular weight excluding hydrogens is 914 g/mol. The zero-order valence-electron chi connectivity index (χ0n) is 34.9. The van der Waals surface area contributed by atoms with Gasteiger partial charge >= 0.3 is 27.1 Å². The lowest BCUT2D eigenvalue weighted by Crippen LogP contribution is -2.44. The van der Waals surface area contributed by atoms with Crippen LogP contribution in [0.1, 0.15) is 54.0 Å². The van der Waals surface area contributed by atoms with Crippen molar-refractivity contribution in [2.45, 2.75) is 95.7 Å².